The van der Waals surface area contributed by atoms with Crippen molar-refractivity contribution in [1.29, 1.82) is 0 Å². The second kappa shape index (κ2) is 4.22. The second-order valence-electron chi connectivity index (χ2n) is 2.53. The molecule has 5 nitrogen and oxygen atoms in total. The minimum absolute atomic E-state index is 0.417. The topological polar surface area (TPSA) is 76.3 Å². The first-order valence-corrected chi connectivity index (χ1v) is 3.69. The Hall–Kier alpha value is -1.70. The van der Waals surface area contributed by atoms with Crippen molar-refractivity contribution in [3.05, 3.63) is 33.4 Å². The molecule has 0 bridgehead atoms. The number of alkyl halides is 2. The molecule has 1 aromatic rings. The first-order chi connectivity index (χ1) is 6.99. The summed E-state index contributed by atoms with van der Waals surface area (Å²) >= 11 is 0. The third kappa shape index (κ3) is 2.04. The Morgan fingerprint density at radius 3 is 2.60 bits per heavy atom. The molecular weight excluding hydrogens is 217 g/mol. The molecule has 1 heterocycles. The number of pyridine rings is 1. The van der Waals surface area contributed by atoms with E-state index in [2.05, 4.69) is 4.98 Å². The minimum Gasteiger partial charge on any atom is -0.391 e. The zero-order valence-electron chi connectivity index (χ0n) is 7.15. The lowest BCUT2D eigenvalue weighted by Crippen LogP contribution is -2.06. The van der Waals surface area contributed by atoms with E-state index < -0.39 is 40.7 Å². The van der Waals surface area contributed by atoms with Crippen molar-refractivity contribution < 1.29 is 23.2 Å². The van der Waals surface area contributed by atoms with Crippen LogP contribution in [0.1, 0.15) is 17.7 Å². The zero-order chi connectivity index (χ0) is 11.6. The molecule has 1 aromatic heterocycles. The molecule has 0 aromatic carbocycles. The highest BCUT2D eigenvalue weighted by Crippen LogP contribution is 2.31. The number of aliphatic hydroxyl groups excluding tert-OH is 1. The van der Waals surface area contributed by atoms with Crippen molar-refractivity contribution in [3.63, 3.8) is 0 Å². The summed E-state index contributed by atoms with van der Waals surface area (Å²) in [6.45, 7) is -1.04. The maximum absolute atomic E-state index is 12.9. The van der Waals surface area contributed by atoms with Gasteiger partial charge in [-0.2, -0.15) is 0 Å². The van der Waals surface area contributed by atoms with E-state index >= 15 is 0 Å². The highest BCUT2D eigenvalue weighted by molar-refractivity contribution is 5.44. The van der Waals surface area contributed by atoms with E-state index in [4.69, 9.17) is 5.11 Å². The highest BCUT2D eigenvalue weighted by Gasteiger charge is 2.29. The van der Waals surface area contributed by atoms with E-state index in [-0.39, 0.29) is 0 Å². The van der Waals surface area contributed by atoms with Crippen LogP contribution in [-0.2, 0) is 6.61 Å². The van der Waals surface area contributed by atoms with Crippen LogP contribution in [0.4, 0.5) is 18.9 Å². The first kappa shape index (κ1) is 11.4. The molecule has 0 fully saturated rings. The Morgan fingerprint density at radius 1 is 1.60 bits per heavy atom. The Balaban J connectivity index is 3.49. The molecule has 15 heavy (non-hydrogen) atoms. The fraction of sp³-hybridized carbons (Fsp3) is 0.286. The molecular formula is C7H5F3N2O3. The van der Waals surface area contributed by atoms with Crippen molar-refractivity contribution in [1.82, 2.24) is 4.98 Å². The fourth-order valence-corrected chi connectivity index (χ4v) is 1.05. The van der Waals surface area contributed by atoms with Crippen molar-refractivity contribution in [2.24, 2.45) is 0 Å². The largest absolute Gasteiger partial charge is 0.391 e. The number of aromatic nitrogens is 1. The lowest BCUT2D eigenvalue weighted by molar-refractivity contribution is -0.387. The van der Waals surface area contributed by atoms with E-state index in [9.17, 15) is 23.3 Å². The summed E-state index contributed by atoms with van der Waals surface area (Å²) in [7, 11) is 0. The van der Waals surface area contributed by atoms with Gasteiger partial charge in [0.1, 0.15) is 0 Å². The quantitative estimate of drug-likeness (QED) is 0.621. The number of nitro groups is 1. The molecule has 0 spiro atoms. The standard InChI is InChI=1S/C7H5F3N2O3/c8-4-1-11-5(7(9)10)6(12(14)15)3(4)2-13/h1,7,13H,2H2. The van der Waals surface area contributed by atoms with Crippen LogP contribution >= 0.6 is 0 Å². The molecule has 0 aliphatic carbocycles. The van der Waals surface area contributed by atoms with Gasteiger partial charge >= 0.3 is 5.69 Å². The summed E-state index contributed by atoms with van der Waals surface area (Å²) in [6.07, 6.45) is -2.78. The van der Waals surface area contributed by atoms with E-state index in [0.29, 0.717) is 6.20 Å². The SMILES string of the molecule is O=[N+]([O-])c1c(C(F)F)ncc(F)c1CO. The van der Waals surface area contributed by atoms with E-state index in [1.807, 2.05) is 0 Å². The number of hydrogen-bond acceptors (Lipinski definition) is 4. The number of aliphatic hydroxyl groups is 1. The second-order valence-corrected chi connectivity index (χ2v) is 2.53. The molecule has 82 valence electrons. The summed E-state index contributed by atoms with van der Waals surface area (Å²) in [6, 6.07) is 0. The van der Waals surface area contributed by atoms with Gasteiger partial charge in [0.15, 0.2) is 11.5 Å². The van der Waals surface area contributed by atoms with Gasteiger partial charge in [-0.1, -0.05) is 0 Å². The molecule has 8 heteroatoms. The van der Waals surface area contributed by atoms with Crippen molar-refractivity contribution in [3.8, 4) is 0 Å². The molecule has 0 unspecified atom stereocenters. The third-order valence-electron chi connectivity index (χ3n) is 1.68. The Labute approximate surface area is 81.3 Å². The molecule has 0 saturated carbocycles. The Bertz CT molecular complexity index is 397. The molecule has 0 amide bonds. The maximum Gasteiger partial charge on any atom is 0.305 e. The Kier molecular flexibility index (Phi) is 3.20. The van der Waals surface area contributed by atoms with E-state index in [1.54, 1.807) is 0 Å². The van der Waals surface area contributed by atoms with Gasteiger partial charge in [0.2, 0.25) is 0 Å². The lowest BCUT2D eigenvalue weighted by atomic mass is 10.2. The predicted octanol–water partition coefficient (Wildman–Crippen LogP) is 1.56. The molecule has 0 saturated heterocycles. The summed E-state index contributed by atoms with van der Waals surface area (Å²) < 4.78 is 37.4. The number of nitrogens with zero attached hydrogens (tertiary/aromatic N) is 2. The van der Waals surface area contributed by atoms with Gasteiger partial charge in [-0.15, -0.1) is 0 Å². The maximum atomic E-state index is 12.9. The van der Waals surface area contributed by atoms with Crippen LogP contribution in [0.2, 0.25) is 0 Å². The van der Waals surface area contributed by atoms with Gasteiger partial charge < -0.3 is 5.11 Å². The monoisotopic (exact) mass is 222 g/mol. The number of hydrogen-bond donors (Lipinski definition) is 1. The third-order valence-corrected chi connectivity index (χ3v) is 1.68. The van der Waals surface area contributed by atoms with Gasteiger partial charge in [-0.05, 0) is 0 Å². The number of halogens is 3. The molecule has 0 radical (unpaired) electrons. The average Bonchev–Trinajstić information content (AvgIpc) is 2.16. The van der Waals surface area contributed by atoms with E-state index in [0.717, 1.165) is 0 Å². The molecule has 0 aliphatic rings. The van der Waals surface area contributed by atoms with Crippen LogP contribution in [0.25, 0.3) is 0 Å². The van der Waals surface area contributed by atoms with Crippen LogP contribution in [0.3, 0.4) is 0 Å². The van der Waals surface area contributed by atoms with Gasteiger partial charge in [-0.3, -0.25) is 10.1 Å². The molecule has 1 N–H and O–H groups in total. The highest BCUT2D eigenvalue weighted by atomic mass is 19.3. The summed E-state index contributed by atoms with van der Waals surface area (Å²) in [5.41, 5.74) is -3.11. The summed E-state index contributed by atoms with van der Waals surface area (Å²) in [5, 5.41) is 19.0. The fourth-order valence-electron chi connectivity index (χ4n) is 1.05. The van der Waals surface area contributed by atoms with Gasteiger partial charge in [0.05, 0.1) is 23.3 Å². The van der Waals surface area contributed by atoms with Crippen molar-refractivity contribution in [2.75, 3.05) is 0 Å². The van der Waals surface area contributed by atoms with Crippen LogP contribution in [0, 0.1) is 15.9 Å². The van der Waals surface area contributed by atoms with Crippen molar-refractivity contribution in [2.45, 2.75) is 13.0 Å². The lowest BCUT2D eigenvalue weighted by Gasteiger charge is -2.05. The van der Waals surface area contributed by atoms with Gasteiger partial charge in [0.25, 0.3) is 6.43 Å². The summed E-state index contributed by atoms with van der Waals surface area (Å²) in [4.78, 5) is 12.2. The molecule has 0 atom stereocenters. The van der Waals surface area contributed by atoms with E-state index in [1.165, 1.54) is 0 Å². The predicted molar refractivity (Wildman–Crippen MR) is 41.7 cm³/mol. The van der Waals surface area contributed by atoms with Crippen LogP contribution < -0.4 is 0 Å². The zero-order valence-corrected chi connectivity index (χ0v) is 7.15. The van der Waals surface area contributed by atoms with Gasteiger partial charge in [0, 0.05) is 0 Å². The molecule has 1 rings (SSSR count). The minimum atomic E-state index is -3.20. The number of rotatable bonds is 3. The summed E-state index contributed by atoms with van der Waals surface area (Å²) in [5.74, 6) is -1.19. The van der Waals surface area contributed by atoms with Crippen LogP contribution in [-0.4, -0.2) is 15.0 Å². The smallest absolute Gasteiger partial charge is 0.305 e. The normalized spacial score (nSPS) is 10.7. The van der Waals surface area contributed by atoms with Crippen LogP contribution in [0.15, 0.2) is 6.20 Å². The van der Waals surface area contributed by atoms with Crippen LogP contribution in [0.5, 0.6) is 0 Å². The molecule has 0 aliphatic heterocycles. The van der Waals surface area contributed by atoms with Crippen molar-refractivity contribution >= 4 is 5.69 Å². The van der Waals surface area contributed by atoms with Gasteiger partial charge in [-0.25, -0.2) is 18.2 Å². The Morgan fingerprint density at radius 2 is 2.20 bits per heavy atom. The average molecular weight is 222 g/mol. The first-order valence-electron chi connectivity index (χ1n) is 3.69.